The van der Waals surface area contributed by atoms with Gasteiger partial charge < -0.3 is 9.32 Å². The number of rotatable bonds is 3. The number of carbonyl (C=O) groups excluding carboxylic acids is 1. The molecule has 0 N–H and O–H groups in total. The third-order valence-corrected chi connectivity index (χ3v) is 4.05. The standard InChI is InChI=1S/C14H20BrNO2/c1-10-8-13(11(2)18-10)14(17)16-7-3-4-12(9-16)5-6-15/h8,12H,3-7,9H2,1-2H3. The Morgan fingerprint density at radius 3 is 2.94 bits per heavy atom. The molecule has 1 aliphatic heterocycles. The van der Waals surface area contributed by atoms with Crippen LogP contribution in [0.3, 0.4) is 0 Å². The minimum atomic E-state index is 0.128. The van der Waals surface area contributed by atoms with E-state index in [2.05, 4.69) is 15.9 Å². The van der Waals surface area contributed by atoms with Gasteiger partial charge in [-0.25, -0.2) is 0 Å². The molecular formula is C14H20BrNO2. The summed E-state index contributed by atoms with van der Waals surface area (Å²) in [5.74, 6) is 2.31. The molecule has 1 aliphatic rings. The Morgan fingerprint density at radius 2 is 2.33 bits per heavy atom. The molecule has 1 amide bonds. The Hall–Kier alpha value is -0.770. The smallest absolute Gasteiger partial charge is 0.257 e. The highest BCUT2D eigenvalue weighted by atomic mass is 79.9. The van der Waals surface area contributed by atoms with Crippen LogP contribution in [0.15, 0.2) is 10.5 Å². The zero-order chi connectivity index (χ0) is 13.1. The summed E-state index contributed by atoms with van der Waals surface area (Å²) in [6.07, 6.45) is 3.49. The van der Waals surface area contributed by atoms with E-state index in [-0.39, 0.29) is 5.91 Å². The van der Waals surface area contributed by atoms with E-state index in [4.69, 9.17) is 4.42 Å². The largest absolute Gasteiger partial charge is 0.466 e. The van der Waals surface area contributed by atoms with Crippen LogP contribution in [0.5, 0.6) is 0 Å². The zero-order valence-electron chi connectivity index (χ0n) is 11.0. The summed E-state index contributed by atoms with van der Waals surface area (Å²) in [7, 11) is 0. The van der Waals surface area contributed by atoms with Gasteiger partial charge in [0.1, 0.15) is 11.5 Å². The fourth-order valence-electron chi connectivity index (χ4n) is 2.65. The van der Waals surface area contributed by atoms with E-state index in [1.807, 2.05) is 24.8 Å². The first-order valence-corrected chi connectivity index (χ1v) is 7.66. The molecule has 0 aliphatic carbocycles. The second-order valence-electron chi connectivity index (χ2n) is 5.06. The molecule has 1 unspecified atom stereocenters. The van der Waals surface area contributed by atoms with Gasteiger partial charge in [0.05, 0.1) is 5.56 Å². The van der Waals surface area contributed by atoms with Crippen molar-refractivity contribution in [1.29, 1.82) is 0 Å². The van der Waals surface area contributed by atoms with Crippen LogP contribution in [-0.4, -0.2) is 29.2 Å². The molecule has 2 rings (SSSR count). The molecule has 18 heavy (non-hydrogen) atoms. The zero-order valence-corrected chi connectivity index (χ0v) is 12.6. The second kappa shape index (κ2) is 5.91. The summed E-state index contributed by atoms with van der Waals surface area (Å²) >= 11 is 3.48. The van der Waals surface area contributed by atoms with Crippen LogP contribution in [0.25, 0.3) is 0 Å². The first-order valence-electron chi connectivity index (χ1n) is 6.54. The van der Waals surface area contributed by atoms with E-state index in [9.17, 15) is 4.79 Å². The molecule has 2 heterocycles. The topological polar surface area (TPSA) is 33.5 Å². The van der Waals surface area contributed by atoms with E-state index in [1.54, 1.807) is 0 Å². The number of likely N-dealkylation sites (tertiary alicyclic amines) is 1. The lowest BCUT2D eigenvalue weighted by atomic mass is 9.95. The normalized spacial score (nSPS) is 20.2. The molecule has 0 saturated carbocycles. The molecule has 1 fully saturated rings. The molecule has 1 saturated heterocycles. The number of amides is 1. The number of halogens is 1. The van der Waals surface area contributed by atoms with Crippen molar-refractivity contribution in [1.82, 2.24) is 4.90 Å². The summed E-state index contributed by atoms with van der Waals surface area (Å²) in [4.78, 5) is 14.4. The molecule has 1 aromatic heterocycles. The highest BCUT2D eigenvalue weighted by molar-refractivity contribution is 9.09. The SMILES string of the molecule is Cc1cc(C(=O)N2CCCC(CCBr)C2)c(C)o1. The summed E-state index contributed by atoms with van der Waals surface area (Å²) in [5.41, 5.74) is 0.729. The summed E-state index contributed by atoms with van der Waals surface area (Å²) in [6.45, 7) is 5.50. The van der Waals surface area contributed by atoms with E-state index < -0.39 is 0 Å². The molecule has 0 spiro atoms. The lowest BCUT2D eigenvalue weighted by molar-refractivity contribution is 0.0670. The van der Waals surface area contributed by atoms with E-state index in [1.165, 1.54) is 6.42 Å². The molecular weight excluding hydrogens is 294 g/mol. The minimum Gasteiger partial charge on any atom is -0.466 e. The average molecular weight is 314 g/mol. The molecule has 3 nitrogen and oxygen atoms in total. The van der Waals surface area contributed by atoms with Crippen molar-refractivity contribution in [3.05, 3.63) is 23.2 Å². The molecule has 0 radical (unpaired) electrons. The Balaban J connectivity index is 2.06. The van der Waals surface area contributed by atoms with Gasteiger partial charge in [-0.15, -0.1) is 0 Å². The summed E-state index contributed by atoms with van der Waals surface area (Å²) in [5, 5.41) is 1.02. The predicted molar refractivity (Wildman–Crippen MR) is 75.2 cm³/mol. The monoisotopic (exact) mass is 313 g/mol. The Bertz CT molecular complexity index is 425. The summed E-state index contributed by atoms with van der Waals surface area (Å²) < 4.78 is 5.45. The van der Waals surface area contributed by atoms with Gasteiger partial charge >= 0.3 is 0 Å². The van der Waals surface area contributed by atoms with Crippen LogP contribution < -0.4 is 0 Å². The van der Waals surface area contributed by atoms with E-state index in [0.717, 1.165) is 48.3 Å². The maximum atomic E-state index is 12.4. The molecule has 4 heteroatoms. The number of hydrogen-bond donors (Lipinski definition) is 0. The summed E-state index contributed by atoms with van der Waals surface area (Å²) in [6, 6.07) is 1.85. The molecule has 0 aromatic carbocycles. The van der Waals surface area contributed by atoms with Crippen molar-refractivity contribution in [2.24, 2.45) is 5.92 Å². The number of hydrogen-bond acceptors (Lipinski definition) is 2. The fourth-order valence-corrected chi connectivity index (χ4v) is 3.30. The van der Waals surface area contributed by atoms with Crippen LogP contribution in [0.2, 0.25) is 0 Å². The van der Waals surface area contributed by atoms with Crippen LogP contribution >= 0.6 is 15.9 Å². The van der Waals surface area contributed by atoms with Gasteiger partial charge in [0.2, 0.25) is 0 Å². The van der Waals surface area contributed by atoms with Gasteiger partial charge in [-0.2, -0.15) is 0 Å². The maximum Gasteiger partial charge on any atom is 0.257 e. The number of nitrogens with zero attached hydrogens (tertiary/aromatic N) is 1. The average Bonchev–Trinajstić information content (AvgIpc) is 2.68. The third kappa shape index (κ3) is 2.97. The molecule has 0 bridgehead atoms. The Kier molecular flexibility index (Phi) is 4.49. The van der Waals surface area contributed by atoms with Crippen molar-refractivity contribution < 1.29 is 9.21 Å². The van der Waals surface area contributed by atoms with Gasteiger partial charge in [0, 0.05) is 18.4 Å². The van der Waals surface area contributed by atoms with Crippen LogP contribution in [0, 0.1) is 19.8 Å². The van der Waals surface area contributed by atoms with Crippen molar-refractivity contribution in [2.75, 3.05) is 18.4 Å². The Labute approximate surface area is 117 Å². The first-order chi connectivity index (χ1) is 8.61. The van der Waals surface area contributed by atoms with E-state index in [0.29, 0.717) is 5.92 Å². The first kappa shape index (κ1) is 13.7. The maximum absolute atomic E-state index is 12.4. The van der Waals surface area contributed by atoms with Gasteiger partial charge in [-0.1, -0.05) is 15.9 Å². The van der Waals surface area contributed by atoms with Crippen LogP contribution in [-0.2, 0) is 0 Å². The molecule has 1 aromatic rings. The van der Waals surface area contributed by atoms with Gasteiger partial charge in [-0.05, 0) is 45.1 Å². The molecule has 1 atom stereocenters. The fraction of sp³-hybridized carbons (Fsp3) is 0.643. The quantitative estimate of drug-likeness (QED) is 0.800. The van der Waals surface area contributed by atoms with Crippen molar-refractivity contribution >= 4 is 21.8 Å². The highest BCUT2D eigenvalue weighted by Crippen LogP contribution is 2.23. The minimum absolute atomic E-state index is 0.128. The van der Waals surface area contributed by atoms with Gasteiger partial charge in [-0.3, -0.25) is 4.79 Å². The number of piperidine rings is 1. The van der Waals surface area contributed by atoms with Crippen LogP contribution in [0.4, 0.5) is 0 Å². The number of aryl methyl sites for hydroxylation is 2. The number of furan rings is 1. The van der Waals surface area contributed by atoms with Crippen molar-refractivity contribution in [2.45, 2.75) is 33.1 Å². The molecule has 100 valence electrons. The van der Waals surface area contributed by atoms with Gasteiger partial charge in [0.25, 0.3) is 5.91 Å². The highest BCUT2D eigenvalue weighted by Gasteiger charge is 2.26. The number of carbonyl (C=O) groups is 1. The van der Waals surface area contributed by atoms with E-state index >= 15 is 0 Å². The lowest BCUT2D eigenvalue weighted by Crippen LogP contribution is -2.40. The van der Waals surface area contributed by atoms with Crippen molar-refractivity contribution in [3.63, 3.8) is 0 Å². The van der Waals surface area contributed by atoms with Gasteiger partial charge in [0.15, 0.2) is 0 Å². The van der Waals surface area contributed by atoms with Crippen molar-refractivity contribution in [3.8, 4) is 0 Å². The Morgan fingerprint density at radius 1 is 1.56 bits per heavy atom. The lowest BCUT2D eigenvalue weighted by Gasteiger charge is -2.32. The predicted octanol–water partition coefficient (Wildman–Crippen LogP) is 3.53. The third-order valence-electron chi connectivity index (χ3n) is 3.59. The second-order valence-corrected chi connectivity index (χ2v) is 5.86. The van der Waals surface area contributed by atoms with Crippen LogP contribution in [0.1, 0.15) is 41.1 Å². The number of alkyl halides is 1.